The van der Waals surface area contributed by atoms with Crippen LogP contribution in [0.4, 0.5) is 34.1 Å². The molecule has 0 unspecified atom stereocenters. The molecule has 0 saturated heterocycles. The topological polar surface area (TPSA) is 96.1 Å². The Balaban J connectivity index is 1.84. The van der Waals surface area contributed by atoms with Crippen molar-refractivity contribution >= 4 is 45.9 Å². The number of anilines is 5. The van der Waals surface area contributed by atoms with Crippen LogP contribution in [-0.2, 0) is 0 Å². The van der Waals surface area contributed by atoms with Crippen LogP contribution in [0.5, 0.6) is 0 Å². The van der Waals surface area contributed by atoms with Crippen molar-refractivity contribution in [3.63, 3.8) is 0 Å². The first kappa shape index (κ1) is 20.1. The molecular formula is C26H18N4O3. The van der Waals surface area contributed by atoms with Crippen LogP contribution in [-0.4, -0.2) is 11.8 Å². The van der Waals surface area contributed by atoms with Gasteiger partial charge in [-0.3, -0.25) is 19.4 Å². The molecule has 0 atom stereocenters. The second-order valence-corrected chi connectivity index (χ2v) is 7.45. The number of rotatable bonds is 3. The zero-order valence-electron chi connectivity index (χ0n) is 17.4. The van der Waals surface area contributed by atoms with Gasteiger partial charge in [0.2, 0.25) is 0 Å². The standard InChI is InChI=1S/C26H18N4O3/c27-19-11-3-7-15-23(19)29-21-13-5-1-9-17(21)26(32)30(24-16-8-4-12-20(24)28-33)22-14-6-2-10-18(22)25(29)31/h1-16H,27H2. The summed E-state index contributed by atoms with van der Waals surface area (Å²) in [6, 6.07) is 27.2. The Morgan fingerprint density at radius 3 is 1.52 bits per heavy atom. The summed E-state index contributed by atoms with van der Waals surface area (Å²) in [6.07, 6.45) is 0. The fourth-order valence-electron chi connectivity index (χ4n) is 4.06. The number of carbonyl (C=O) groups excluding carboxylic acids is 2. The van der Waals surface area contributed by atoms with Crippen molar-refractivity contribution < 1.29 is 9.59 Å². The third-order valence-electron chi connectivity index (χ3n) is 5.56. The summed E-state index contributed by atoms with van der Waals surface area (Å²) >= 11 is 0. The number of carbonyl (C=O) groups is 2. The second kappa shape index (κ2) is 8.05. The van der Waals surface area contributed by atoms with Gasteiger partial charge in [0.1, 0.15) is 5.69 Å². The van der Waals surface area contributed by atoms with Crippen LogP contribution in [0.25, 0.3) is 0 Å². The van der Waals surface area contributed by atoms with Gasteiger partial charge in [-0.15, -0.1) is 4.91 Å². The van der Waals surface area contributed by atoms with E-state index >= 15 is 0 Å². The highest BCUT2D eigenvalue weighted by atomic mass is 16.3. The first-order valence-corrected chi connectivity index (χ1v) is 10.3. The molecule has 0 radical (unpaired) electrons. The molecule has 2 amide bonds. The summed E-state index contributed by atoms with van der Waals surface area (Å²) in [5.74, 6) is -0.758. The van der Waals surface area contributed by atoms with Crippen LogP contribution in [0.2, 0.25) is 0 Å². The Morgan fingerprint density at radius 2 is 0.970 bits per heavy atom. The summed E-state index contributed by atoms with van der Waals surface area (Å²) in [5, 5.41) is 3.10. The molecular weight excluding hydrogens is 416 g/mol. The van der Waals surface area contributed by atoms with Crippen molar-refractivity contribution in [2.75, 3.05) is 15.5 Å². The van der Waals surface area contributed by atoms with Gasteiger partial charge in [0.25, 0.3) is 11.8 Å². The quantitative estimate of drug-likeness (QED) is 0.319. The number of amides is 2. The van der Waals surface area contributed by atoms with Gasteiger partial charge in [-0.1, -0.05) is 48.5 Å². The van der Waals surface area contributed by atoms with Crippen molar-refractivity contribution in [3.05, 3.63) is 113 Å². The van der Waals surface area contributed by atoms with E-state index in [2.05, 4.69) is 5.18 Å². The normalized spacial score (nSPS) is 13.1. The Bertz CT molecular complexity index is 1420. The van der Waals surface area contributed by atoms with E-state index < -0.39 is 5.91 Å². The maximum atomic E-state index is 14.0. The zero-order valence-corrected chi connectivity index (χ0v) is 17.4. The molecule has 0 saturated carbocycles. The molecule has 0 spiro atoms. The van der Waals surface area contributed by atoms with Crippen molar-refractivity contribution in [2.24, 2.45) is 5.18 Å². The number of para-hydroxylation sites is 5. The lowest BCUT2D eigenvalue weighted by atomic mass is 10.0. The minimum absolute atomic E-state index is 0.0929. The predicted molar refractivity (Wildman–Crippen MR) is 129 cm³/mol. The first-order valence-electron chi connectivity index (χ1n) is 10.3. The van der Waals surface area contributed by atoms with E-state index in [9.17, 15) is 14.5 Å². The molecule has 7 nitrogen and oxygen atoms in total. The van der Waals surface area contributed by atoms with Crippen molar-refractivity contribution in [2.45, 2.75) is 0 Å². The second-order valence-electron chi connectivity index (χ2n) is 7.45. The van der Waals surface area contributed by atoms with E-state index in [1.807, 2.05) is 0 Å². The first-order chi connectivity index (χ1) is 16.1. The van der Waals surface area contributed by atoms with Gasteiger partial charge in [0.15, 0.2) is 0 Å². The summed E-state index contributed by atoms with van der Waals surface area (Å²) in [7, 11) is 0. The summed E-state index contributed by atoms with van der Waals surface area (Å²) in [5.41, 5.74) is 8.79. The van der Waals surface area contributed by atoms with E-state index in [0.29, 0.717) is 28.4 Å². The molecule has 33 heavy (non-hydrogen) atoms. The minimum atomic E-state index is -0.402. The van der Waals surface area contributed by atoms with Crippen LogP contribution in [0.1, 0.15) is 20.7 Å². The Hall–Kier alpha value is -4.78. The van der Waals surface area contributed by atoms with Crippen LogP contribution in [0.15, 0.2) is 102 Å². The molecule has 0 bridgehead atoms. The van der Waals surface area contributed by atoms with E-state index in [0.717, 1.165) is 0 Å². The smallest absolute Gasteiger partial charge is 0.265 e. The lowest BCUT2D eigenvalue weighted by molar-refractivity contribution is 0.0989. The molecule has 0 aliphatic carbocycles. The summed E-state index contributed by atoms with van der Waals surface area (Å²) in [4.78, 5) is 42.4. The highest BCUT2D eigenvalue weighted by Crippen LogP contribution is 2.43. The van der Waals surface area contributed by atoms with E-state index in [4.69, 9.17) is 5.73 Å². The van der Waals surface area contributed by atoms with Gasteiger partial charge in [0, 0.05) is 0 Å². The fraction of sp³-hybridized carbons (Fsp3) is 0. The highest BCUT2D eigenvalue weighted by Gasteiger charge is 2.35. The average Bonchev–Trinajstić information content (AvgIpc) is 2.85. The average molecular weight is 434 g/mol. The van der Waals surface area contributed by atoms with Crippen LogP contribution in [0, 0.1) is 4.91 Å². The number of nitroso groups, excluding NO2 is 1. The van der Waals surface area contributed by atoms with Gasteiger partial charge in [-0.25, -0.2) is 0 Å². The Morgan fingerprint density at radius 1 is 0.545 bits per heavy atom. The number of fused-ring (bicyclic) bond motifs is 2. The molecule has 1 aliphatic heterocycles. The third kappa shape index (κ3) is 3.23. The third-order valence-corrected chi connectivity index (χ3v) is 5.56. The summed E-state index contributed by atoms with van der Waals surface area (Å²) < 4.78 is 0. The van der Waals surface area contributed by atoms with Gasteiger partial charge in [-0.05, 0) is 53.7 Å². The Kier molecular flexibility index (Phi) is 4.91. The lowest BCUT2D eigenvalue weighted by Crippen LogP contribution is -2.36. The fourth-order valence-corrected chi connectivity index (χ4v) is 4.06. The van der Waals surface area contributed by atoms with Crippen LogP contribution in [0.3, 0.4) is 0 Å². The molecule has 160 valence electrons. The van der Waals surface area contributed by atoms with E-state index in [1.165, 1.54) is 15.9 Å². The molecule has 1 aliphatic rings. The minimum Gasteiger partial charge on any atom is -0.397 e. The van der Waals surface area contributed by atoms with Crippen molar-refractivity contribution in [1.29, 1.82) is 0 Å². The lowest BCUT2D eigenvalue weighted by Gasteiger charge is -2.33. The molecule has 0 aromatic heterocycles. The zero-order chi connectivity index (χ0) is 22.9. The number of nitrogens with zero attached hydrogens (tertiary/aromatic N) is 3. The van der Waals surface area contributed by atoms with Crippen LogP contribution < -0.4 is 15.5 Å². The molecule has 4 aromatic rings. The number of nitrogen functional groups attached to an aromatic ring is 1. The van der Waals surface area contributed by atoms with Gasteiger partial charge in [0.05, 0.1) is 39.6 Å². The highest BCUT2D eigenvalue weighted by molar-refractivity contribution is 6.25. The number of nitrogens with two attached hydrogens (primary N) is 1. The number of benzene rings is 4. The molecule has 5 rings (SSSR count). The molecule has 7 heteroatoms. The Labute approximate surface area is 189 Å². The van der Waals surface area contributed by atoms with Gasteiger partial charge >= 0.3 is 0 Å². The van der Waals surface area contributed by atoms with Crippen LogP contribution >= 0.6 is 0 Å². The largest absolute Gasteiger partial charge is 0.397 e. The molecule has 4 aromatic carbocycles. The maximum Gasteiger partial charge on any atom is 0.265 e. The summed E-state index contributed by atoms with van der Waals surface area (Å²) in [6.45, 7) is 0. The van der Waals surface area contributed by atoms with E-state index in [1.54, 1.807) is 91.0 Å². The van der Waals surface area contributed by atoms with Crippen molar-refractivity contribution in [1.82, 2.24) is 0 Å². The monoisotopic (exact) mass is 434 g/mol. The number of hydrogen-bond acceptors (Lipinski definition) is 5. The van der Waals surface area contributed by atoms with Gasteiger partial charge in [-0.2, -0.15) is 0 Å². The molecule has 0 fully saturated rings. The van der Waals surface area contributed by atoms with Gasteiger partial charge < -0.3 is 5.73 Å². The van der Waals surface area contributed by atoms with Crippen molar-refractivity contribution in [3.8, 4) is 0 Å². The number of hydrogen-bond donors (Lipinski definition) is 1. The SMILES string of the molecule is Nc1ccccc1N1C(=O)c2ccccc2N(c2ccccc2N=O)C(=O)c2ccccc21. The van der Waals surface area contributed by atoms with E-state index in [-0.39, 0.29) is 22.7 Å². The molecule has 1 heterocycles. The molecule has 2 N–H and O–H groups in total. The maximum absolute atomic E-state index is 14.0. The predicted octanol–water partition coefficient (Wildman–Crippen LogP) is 5.94.